The molecule has 0 bridgehead atoms. The molecule has 0 spiro atoms. The normalized spacial score (nSPS) is 11.0. The highest BCUT2D eigenvalue weighted by molar-refractivity contribution is 7.99. The van der Waals surface area contributed by atoms with Gasteiger partial charge in [0, 0.05) is 22.9 Å². The number of benzene rings is 1. The van der Waals surface area contributed by atoms with E-state index >= 15 is 0 Å². The third-order valence-electron chi connectivity index (χ3n) is 3.37. The maximum Gasteiger partial charge on any atom is 0.214 e. The van der Waals surface area contributed by atoms with Crippen LogP contribution in [0.4, 0.5) is 11.6 Å². The zero-order valence-corrected chi connectivity index (χ0v) is 13.6. The number of aromatic hydroxyl groups is 1. The van der Waals surface area contributed by atoms with Crippen molar-refractivity contribution in [2.75, 3.05) is 5.32 Å². The van der Waals surface area contributed by atoms with Crippen LogP contribution in [0.5, 0.6) is 5.75 Å². The topological polar surface area (TPSA) is 91.1 Å². The Morgan fingerprint density at radius 2 is 2.04 bits per heavy atom. The predicted molar refractivity (Wildman–Crippen MR) is 91.8 cm³/mol. The molecule has 0 saturated heterocycles. The van der Waals surface area contributed by atoms with Crippen LogP contribution in [-0.2, 0) is 0 Å². The molecule has 24 heavy (non-hydrogen) atoms. The van der Waals surface area contributed by atoms with Crippen molar-refractivity contribution >= 4 is 28.9 Å². The number of aromatic amines is 1. The van der Waals surface area contributed by atoms with Crippen LogP contribution in [-0.4, -0.2) is 29.9 Å². The second-order valence-electron chi connectivity index (χ2n) is 5.24. The van der Waals surface area contributed by atoms with Crippen LogP contribution in [0.25, 0.3) is 5.52 Å². The van der Waals surface area contributed by atoms with Gasteiger partial charge in [0.25, 0.3) is 0 Å². The van der Waals surface area contributed by atoms with E-state index in [9.17, 15) is 5.11 Å². The van der Waals surface area contributed by atoms with Crippen LogP contribution in [0.1, 0.15) is 5.69 Å². The van der Waals surface area contributed by atoms with Crippen LogP contribution in [0.3, 0.4) is 0 Å². The van der Waals surface area contributed by atoms with Gasteiger partial charge in [-0.1, -0.05) is 0 Å². The number of nitrogens with one attached hydrogen (secondary N) is 2. The lowest BCUT2D eigenvalue weighted by Gasteiger charge is -2.07. The van der Waals surface area contributed by atoms with Gasteiger partial charge in [-0.15, -0.1) is 5.10 Å². The summed E-state index contributed by atoms with van der Waals surface area (Å²) in [6.45, 7) is 1.94. The van der Waals surface area contributed by atoms with Crippen molar-refractivity contribution < 1.29 is 5.11 Å². The number of phenols is 1. The Bertz CT molecular complexity index is 991. The SMILES string of the molecule is Cc1cc(Nc2nc(Sc3ccc(O)cc3)nn3cccc23)n[nH]1. The molecule has 0 radical (unpaired) electrons. The summed E-state index contributed by atoms with van der Waals surface area (Å²) in [4.78, 5) is 5.54. The summed E-state index contributed by atoms with van der Waals surface area (Å²) in [5, 5.41) is 24.8. The number of hydrogen-bond donors (Lipinski definition) is 3. The van der Waals surface area contributed by atoms with Crippen molar-refractivity contribution in [1.29, 1.82) is 0 Å². The minimum atomic E-state index is 0.234. The first kappa shape index (κ1) is 14.6. The fraction of sp³-hybridized carbons (Fsp3) is 0.0625. The zero-order valence-electron chi connectivity index (χ0n) is 12.8. The van der Waals surface area contributed by atoms with E-state index in [-0.39, 0.29) is 5.75 Å². The summed E-state index contributed by atoms with van der Waals surface area (Å²) in [7, 11) is 0. The molecule has 0 amide bonds. The van der Waals surface area contributed by atoms with E-state index in [1.807, 2.05) is 43.5 Å². The quantitative estimate of drug-likeness (QED) is 0.528. The summed E-state index contributed by atoms with van der Waals surface area (Å²) in [5.41, 5.74) is 1.84. The van der Waals surface area contributed by atoms with Crippen LogP contribution >= 0.6 is 11.8 Å². The molecule has 3 heterocycles. The molecule has 0 fully saturated rings. The second-order valence-corrected chi connectivity index (χ2v) is 6.28. The molecule has 0 unspecified atom stereocenters. The first-order valence-electron chi connectivity index (χ1n) is 7.29. The van der Waals surface area contributed by atoms with Crippen molar-refractivity contribution in [1.82, 2.24) is 24.8 Å². The van der Waals surface area contributed by atoms with E-state index in [1.165, 1.54) is 11.8 Å². The van der Waals surface area contributed by atoms with Crippen molar-refractivity contribution in [2.24, 2.45) is 0 Å². The maximum absolute atomic E-state index is 9.38. The van der Waals surface area contributed by atoms with Crippen molar-refractivity contribution in [3.05, 3.63) is 54.4 Å². The number of fused-ring (bicyclic) bond motifs is 1. The lowest BCUT2D eigenvalue weighted by Crippen LogP contribution is -2.02. The van der Waals surface area contributed by atoms with E-state index in [4.69, 9.17) is 0 Å². The number of hydrogen-bond acceptors (Lipinski definition) is 6. The number of phenolic OH excluding ortho intramolecular Hbond substituents is 1. The van der Waals surface area contributed by atoms with Crippen molar-refractivity contribution in [3.8, 4) is 5.75 Å². The monoisotopic (exact) mass is 338 g/mol. The second kappa shape index (κ2) is 5.89. The first-order valence-corrected chi connectivity index (χ1v) is 8.10. The molecule has 8 heteroatoms. The van der Waals surface area contributed by atoms with Crippen LogP contribution in [0, 0.1) is 6.92 Å². The van der Waals surface area contributed by atoms with Crippen LogP contribution < -0.4 is 5.32 Å². The molecule has 120 valence electrons. The highest BCUT2D eigenvalue weighted by atomic mass is 32.2. The molecule has 0 aliphatic heterocycles. The highest BCUT2D eigenvalue weighted by Crippen LogP contribution is 2.28. The van der Waals surface area contributed by atoms with E-state index < -0.39 is 0 Å². The summed E-state index contributed by atoms with van der Waals surface area (Å²) >= 11 is 1.42. The van der Waals surface area contributed by atoms with Crippen molar-refractivity contribution in [2.45, 2.75) is 17.0 Å². The third-order valence-corrected chi connectivity index (χ3v) is 4.23. The van der Waals surface area contributed by atoms with E-state index in [1.54, 1.807) is 16.6 Å². The Labute approximate surface area is 141 Å². The summed E-state index contributed by atoms with van der Waals surface area (Å²) in [5.74, 6) is 1.62. The highest BCUT2D eigenvalue weighted by Gasteiger charge is 2.10. The molecule has 0 saturated carbocycles. The predicted octanol–water partition coefficient (Wildman–Crippen LogP) is 3.36. The van der Waals surface area contributed by atoms with E-state index in [0.29, 0.717) is 16.8 Å². The summed E-state index contributed by atoms with van der Waals surface area (Å²) < 4.78 is 1.78. The Hall–Kier alpha value is -3.00. The molecule has 0 aliphatic carbocycles. The molecule has 4 aromatic rings. The van der Waals surface area contributed by atoms with E-state index in [0.717, 1.165) is 16.1 Å². The number of aryl methyl sites for hydroxylation is 1. The van der Waals surface area contributed by atoms with Gasteiger partial charge >= 0.3 is 0 Å². The molecule has 3 aromatic heterocycles. The summed E-state index contributed by atoms with van der Waals surface area (Å²) in [6.07, 6.45) is 1.87. The third kappa shape index (κ3) is 2.91. The molecule has 0 atom stereocenters. The molecule has 0 aliphatic rings. The van der Waals surface area contributed by atoms with Gasteiger partial charge in [0.1, 0.15) is 11.3 Å². The van der Waals surface area contributed by atoms with Gasteiger partial charge < -0.3 is 10.4 Å². The maximum atomic E-state index is 9.38. The first-order chi connectivity index (χ1) is 11.7. The fourth-order valence-corrected chi connectivity index (χ4v) is 3.02. The van der Waals surface area contributed by atoms with Gasteiger partial charge in [0.05, 0.1) is 0 Å². The lowest BCUT2D eigenvalue weighted by molar-refractivity contribution is 0.475. The standard InChI is InChI=1S/C16H14N6OS/c1-10-9-14(20-19-10)17-15-13-3-2-8-22(13)21-16(18-15)24-12-6-4-11(23)5-7-12/h2-9,23H,1H3,(H2,17,18,19,20,21). The smallest absolute Gasteiger partial charge is 0.214 e. The Morgan fingerprint density at radius 1 is 1.21 bits per heavy atom. The average Bonchev–Trinajstić information content (AvgIpc) is 3.19. The average molecular weight is 338 g/mol. The number of H-pyrrole nitrogens is 1. The number of anilines is 2. The van der Waals surface area contributed by atoms with Gasteiger partial charge in [-0.05, 0) is 55.1 Å². The Kier molecular flexibility index (Phi) is 3.58. The summed E-state index contributed by atoms with van der Waals surface area (Å²) in [6, 6.07) is 12.7. The molecule has 1 aromatic carbocycles. The largest absolute Gasteiger partial charge is 0.508 e. The fourth-order valence-electron chi connectivity index (χ4n) is 2.27. The minimum absolute atomic E-state index is 0.234. The van der Waals surface area contributed by atoms with Gasteiger partial charge in [0.15, 0.2) is 11.6 Å². The number of aromatic nitrogens is 5. The molecule has 3 N–H and O–H groups in total. The van der Waals surface area contributed by atoms with Gasteiger partial charge in [-0.2, -0.15) is 5.10 Å². The van der Waals surface area contributed by atoms with Crippen LogP contribution in [0.15, 0.2) is 58.7 Å². The van der Waals surface area contributed by atoms with E-state index in [2.05, 4.69) is 25.6 Å². The van der Waals surface area contributed by atoms with Gasteiger partial charge in [-0.25, -0.2) is 9.50 Å². The number of nitrogens with zero attached hydrogens (tertiary/aromatic N) is 4. The molecule has 7 nitrogen and oxygen atoms in total. The zero-order chi connectivity index (χ0) is 16.5. The van der Waals surface area contributed by atoms with Gasteiger partial charge in [0.2, 0.25) is 5.16 Å². The van der Waals surface area contributed by atoms with Gasteiger partial charge in [-0.3, -0.25) is 5.10 Å². The Morgan fingerprint density at radius 3 is 2.79 bits per heavy atom. The molecular formula is C16H14N6OS. The Balaban J connectivity index is 1.70. The van der Waals surface area contributed by atoms with Crippen LogP contribution in [0.2, 0.25) is 0 Å². The van der Waals surface area contributed by atoms with Crippen molar-refractivity contribution in [3.63, 3.8) is 0 Å². The lowest BCUT2D eigenvalue weighted by atomic mass is 10.3. The molecular weight excluding hydrogens is 324 g/mol. The number of rotatable bonds is 4. The minimum Gasteiger partial charge on any atom is -0.508 e. The molecule has 4 rings (SSSR count).